The molecule has 1 aromatic rings. The van der Waals surface area contributed by atoms with Crippen molar-refractivity contribution >= 4 is 11.6 Å². The van der Waals surface area contributed by atoms with E-state index < -0.39 is 0 Å². The number of fused-ring (bicyclic) bond motifs is 2. The van der Waals surface area contributed by atoms with Gasteiger partial charge in [-0.05, 0) is 37.8 Å². The molecule has 24 heavy (non-hydrogen) atoms. The van der Waals surface area contributed by atoms with Crippen LogP contribution in [0.3, 0.4) is 0 Å². The van der Waals surface area contributed by atoms with E-state index in [1.807, 2.05) is 11.8 Å². The molecular formula is C20H28N2O2. The molecule has 1 heterocycles. The molecule has 4 heteroatoms. The minimum atomic E-state index is 0.135. The molecule has 1 amide bonds. The summed E-state index contributed by atoms with van der Waals surface area (Å²) in [5.41, 5.74) is 2.78. The Bertz CT molecular complexity index is 626. The number of anilines is 1. The second kappa shape index (κ2) is 6.07. The van der Waals surface area contributed by atoms with Crippen LogP contribution in [0.4, 0.5) is 5.69 Å². The predicted molar refractivity (Wildman–Crippen MR) is 94.7 cm³/mol. The van der Waals surface area contributed by atoms with Crippen molar-refractivity contribution in [3.63, 3.8) is 0 Å². The average Bonchev–Trinajstić information content (AvgIpc) is 2.94. The molecule has 1 saturated heterocycles. The predicted octanol–water partition coefficient (Wildman–Crippen LogP) is 3.42. The maximum atomic E-state index is 11.8. The molecule has 1 aromatic carbocycles. The Balaban J connectivity index is 1.54. The minimum Gasteiger partial charge on any atom is -0.381 e. The molecule has 3 aliphatic rings. The molecule has 2 saturated carbocycles. The van der Waals surface area contributed by atoms with Gasteiger partial charge in [-0.25, -0.2) is 0 Å². The van der Waals surface area contributed by atoms with Crippen LogP contribution >= 0.6 is 0 Å². The molecule has 0 aromatic heterocycles. The van der Waals surface area contributed by atoms with Gasteiger partial charge in [0.05, 0.1) is 6.10 Å². The molecule has 4 nitrogen and oxygen atoms in total. The van der Waals surface area contributed by atoms with Gasteiger partial charge < -0.3 is 15.0 Å². The van der Waals surface area contributed by atoms with Crippen molar-refractivity contribution < 1.29 is 9.53 Å². The molecule has 1 aliphatic heterocycles. The number of nitrogens with one attached hydrogen (secondary N) is 1. The summed E-state index contributed by atoms with van der Waals surface area (Å²) >= 11 is 0. The van der Waals surface area contributed by atoms with Gasteiger partial charge in [0.25, 0.3) is 0 Å². The molecule has 1 N–H and O–H groups in total. The van der Waals surface area contributed by atoms with E-state index in [2.05, 4.69) is 29.6 Å². The van der Waals surface area contributed by atoms with E-state index in [4.69, 9.17) is 4.74 Å². The fraction of sp³-hybridized carbons (Fsp3) is 0.650. The third-order valence-electron chi connectivity index (χ3n) is 6.55. The second-order valence-corrected chi connectivity index (χ2v) is 7.64. The van der Waals surface area contributed by atoms with Crippen molar-refractivity contribution in [2.75, 3.05) is 18.5 Å². The molecular weight excluding hydrogens is 300 g/mol. The maximum absolute atomic E-state index is 11.8. The standard InChI is InChI=1S/C20H28N2O2/c1-3-22(14(2)23)13-15-7-4-5-8-17(15)21-18-16-9-12-24-19(16)20(18)10-6-11-20/h4-5,7-8,16,18-19,21H,3,6,9-13H2,1-2H3/t16-,18-,19-/m1/s1. The van der Waals surface area contributed by atoms with Crippen LogP contribution in [0.15, 0.2) is 24.3 Å². The summed E-state index contributed by atoms with van der Waals surface area (Å²) in [5.74, 6) is 0.795. The first-order valence-corrected chi connectivity index (χ1v) is 9.37. The molecule has 4 rings (SSSR count). The van der Waals surface area contributed by atoms with Crippen LogP contribution in [0.25, 0.3) is 0 Å². The zero-order valence-corrected chi connectivity index (χ0v) is 14.8. The topological polar surface area (TPSA) is 41.6 Å². The quantitative estimate of drug-likeness (QED) is 0.900. The van der Waals surface area contributed by atoms with Gasteiger partial charge in [-0.1, -0.05) is 24.6 Å². The van der Waals surface area contributed by atoms with Crippen LogP contribution in [0.5, 0.6) is 0 Å². The normalized spacial score (nSPS) is 29.5. The molecule has 0 bridgehead atoms. The van der Waals surface area contributed by atoms with Crippen molar-refractivity contribution in [2.24, 2.45) is 11.3 Å². The Kier molecular flexibility index (Phi) is 4.03. The number of rotatable bonds is 5. The lowest BCUT2D eigenvalue weighted by atomic mass is 9.46. The van der Waals surface area contributed by atoms with Gasteiger partial charge in [0.15, 0.2) is 0 Å². The second-order valence-electron chi connectivity index (χ2n) is 7.64. The Morgan fingerprint density at radius 1 is 1.38 bits per heavy atom. The number of ether oxygens (including phenoxy) is 1. The van der Waals surface area contributed by atoms with Gasteiger partial charge in [-0.3, -0.25) is 4.79 Å². The van der Waals surface area contributed by atoms with Crippen molar-refractivity contribution in [3.05, 3.63) is 29.8 Å². The van der Waals surface area contributed by atoms with Crippen LogP contribution in [0, 0.1) is 11.3 Å². The van der Waals surface area contributed by atoms with Gasteiger partial charge in [-0.2, -0.15) is 0 Å². The number of nitrogens with zero attached hydrogens (tertiary/aromatic N) is 1. The summed E-state index contributed by atoms with van der Waals surface area (Å²) in [5, 5.41) is 3.86. The van der Waals surface area contributed by atoms with E-state index in [0.29, 0.717) is 30.0 Å². The molecule has 1 spiro atoms. The van der Waals surface area contributed by atoms with Crippen LogP contribution in [-0.2, 0) is 16.1 Å². The Labute approximate surface area is 144 Å². The van der Waals surface area contributed by atoms with Crippen LogP contribution in [-0.4, -0.2) is 36.1 Å². The lowest BCUT2D eigenvalue weighted by Crippen LogP contribution is -2.68. The van der Waals surface area contributed by atoms with Gasteiger partial charge >= 0.3 is 0 Å². The Morgan fingerprint density at radius 2 is 2.17 bits per heavy atom. The number of carbonyl (C=O) groups is 1. The van der Waals surface area contributed by atoms with Gasteiger partial charge in [0.2, 0.25) is 5.91 Å². The molecule has 130 valence electrons. The highest BCUT2D eigenvalue weighted by Crippen LogP contribution is 2.63. The van der Waals surface area contributed by atoms with Crippen molar-refractivity contribution in [3.8, 4) is 0 Å². The molecule has 0 radical (unpaired) electrons. The molecule has 3 atom stereocenters. The van der Waals surface area contributed by atoms with Crippen LogP contribution in [0.1, 0.15) is 45.1 Å². The van der Waals surface area contributed by atoms with Gasteiger partial charge in [-0.15, -0.1) is 0 Å². The summed E-state index contributed by atoms with van der Waals surface area (Å²) in [6.45, 7) is 6.03. The third-order valence-corrected chi connectivity index (χ3v) is 6.55. The zero-order chi connectivity index (χ0) is 16.7. The SMILES string of the molecule is CCN(Cc1ccccc1N[C@@H]1[C@H]2CCO[C@H]2C12CCC2)C(C)=O. The fourth-order valence-corrected chi connectivity index (χ4v) is 5.07. The number of benzene rings is 1. The summed E-state index contributed by atoms with van der Waals surface area (Å²) in [6.07, 6.45) is 5.59. The highest BCUT2D eigenvalue weighted by atomic mass is 16.5. The van der Waals surface area contributed by atoms with Crippen molar-refractivity contribution in [1.82, 2.24) is 4.90 Å². The summed E-state index contributed by atoms with van der Waals surface area (Å²) < 4.78 is 6.03. The lowest BCUT2D eigenvalue weighted by Gasteiger charge is -2.63. The number of hydrogen-bond acceptors (Lipinski definition) is 3. The van der Waals surface area contributed by atoms with E-state index in [1.165, 1.54) is 36.9 Å². The van der Waals surface area contributed by atoms with Gasteiger partial charge in [0.1, 0.15) is 0 Å². The molecule has 3 fully saturated rings. The fourth-order valence-electron chi connectivity index (χ4n) is 5.07. The number of hydrogen-bond donors (Lipinski definition) is 1. The molecule has 2 aliphatic carbocycles. The summed E-state index contributed by atoms with van der Waals surface area (Å²) in [7, 11) is 0. The number of amides is 1. The monoisotopic (exact) mass is 328 g/mol. The number of para-hydroxylation sites is 1. The highest BCUT2D eigenvalue weighted by molar-refractivity contribution is 5.73. The van der Waals surface area contributed by atoms with Crippen molar-refractivity contribution in [1.29, 1.82) is 0 Å². The summed E-state index contributed by atoms with van der Waals surface area (Å²) in [6, 6.07) is 8.99. The van der Waals surface area contributed by atoms with Crippen LogP contribution < -0.4 is 5.32 Å². The van der Waals surface area contributed by atoms with E-state index in [9.17, 15) is 4.79 Å². The van der Waals surface area contributed by atoms with E-state index in [1.54, 1.807) is 6.92 Å². The van der Waals surface area contributed by atoms with E-state index in [-0.39, 0.29) is 5.91 Å². The lowest BCUT2D eigenvalue weighted by molar-refractivity contribution is -0.158. The summed E-state index contributed by atoms with van der Waals surface area (Å²) in [4.78, 5) is 13.7. The van der Waals surface area contributed by atoms with Crippen molar-refractivity contribution in [2.45, 2.75) is 58.2 Å². The number of carbonyl (C=O) groups excluding carboxylic acids is 1. The zero-order valence-electron chi connectivity index (χ0n) is 14.8. The minimum absolute atomic E-state index is 0.135. The smallest absolute Gasteiger partial charge is 0.219 e. The highest BCUT2D eigenvalue weighted by Gasteiger charge is 2.66. The Morgan fingerprint density at radius 3 is 2.83 bits per heavy atom. The first kappa shape index (κ1) is 15.9. The first-order valence-electron chi connectivity index (χ1n) is 9.37. The average molecular weight is 328 g/mol. The van der Waals surface area contributed by atoms with Crippen LogP contribution in [0.2, 0.25) is 0 Å². The third kappa shape index (κ3) is 2.34. The first-order chi connectivity index (χ1) is 11.7. The van der Waals surface area contributed by atoms with Gasteiger partial charge in [0, 0.05) is 49.7 Å². The van der Waals surface area contributed by atoms with E-state index >= 15 is 0 Å². The molecule has 0 unspecified atom stereocenters. The Hall–Kier alpha value is -1.55. The van der Waals surface area contributed by atoms with E-state index in [0.717, 1.165) is 13.2 Å². The largest absolute Gasteiger partial charge is 0.381 e. The maximum Gasteiger partial charge on any atom is 0.219 e.